The molecule has 2 aromatic heterocycles. The summed E-state index contributed by atoms with van der Waals surface area (Å²) in [6, 6.07) is 9.76. The second-order valence-corrected chi connectivity index (χ2v) is 9.93. The number of ether oxygens (including phenoxy) is 1. The molecule has 1 aromatic carbocycles. The average molecular weight is 545 g/mol. The summed E-state index contributed by atoms with van der Waals surface area (Å²) in [6.07, 6.45) is 6.62. The molecule has 3 aromatic rings. The zero-order valence-electron chi connectivity index (χ0n) is 23.3. The van der Waals surface area contributed by atoms with Gasteiger partial charge in [-0.1, -0.05) is 26.0 Å². The number of hydrogen-bond acceptors (Lipinski definition) is 8. The predicted octanol–water partition coefficient (Wildman–Crippen LogP) is 4.05. The largest absolute Gasteiger partial charge is 0.474 e. The van der Waals surface area contributed by atoms with E-state index < -0.39 is 0 Å². The highest BCUT2D eigenvalue weighted by atomic mass is 16.5. The van der Waals surface area contributed by atoms with Crippen LogP contribution >= 0.6 is 0 Å². The highest BCUT2D eigenvalue weighted by molar-refractivity contribution is 5.96. The number of rotatable bonds is 9. The van der Waals surface area contributed by atoms with Gasteiger partial charge in [0.25, 0.3) is 0 Å². The monoisotopic (exact) mass is 544 g/mol. The van der Waals surface area contributed by atoms with E-state index in [1.807, 2.05) is 35.2 Å². The van der Waals surface area contributed by atoms with Crippen molar-refractivity contribution in [1.82, 2.24) is 25.2 Å². The predicted molar refractivity (Wildman–Crippen MR) is 155 cm³/mol. The van der Waals surface area contributed by atoms with Crippen molar-refractivity contribution in [1.29, 1.82) is 0 Å². The van der Waals surface area contributed by atoms with Gasteiger partial charge in [0.05, 0.1) is 18.4 Å². The molecule has 3 amide bonds. The van der Waals surface area contributed by atoms with E-state index in [0.29, 0.717) is 49.3 Å². The highest BCUT2D eigenvalue weighted by Crippen LogP contribution is 2.33. The molecule has 2 aliphatic heterocycles. The molecule has 0 bridgehead atoms. The summed E-state index contributed by atoms with van der Waals surface area (Å²) >= 11 is 0. The minimum atomic E-state index is -0.175. The van der Waals surface area contributed by atoms with Gasteiger partial charge < -0.3 is 25.2 Å². The summed E-state index contributed by atoms with van der Waals surface area (Å²) in [5.74, 6) is 0.993. The molecular weight excluding hydrogens is 508 g/mol. The third-order valence-electron chi connectivity index (χ3n) is 7.39. The van der Waals surface area contributed by atoms with Gasteiger partial charge in [0.2, 0.25) is 17.7 Å². The third-order valence-corrected chi connectivity index (χ3v) is 7.39. The number of amides is 3. The lowest BCUT2D eigenvalue weighted by molar-refractivity contribution is -0.117. The number of aromatic nitrogens is 3. The lowest BCUT2D eigenvalue weighted by Gasteiger charge is -2.29. The lowest BCUT2D eigenvalue weighted by Crippen LogP contribution is -2.46. The van der Waals surface area contributed by atoms with Gasteiger partial charge in [0.15, 0.2) is 0 Å². The van der Waals surface area contributed by atoms with Crippen molar-refractivity contribution < 1.29 is 14.3 Å². The number of nitrogens with one attached hydrogen (secondary N) is 2. The molecule has 210 valence electrons. The molecule has 0 radical (unpaired) electrons. The summed E-state index contributed by atoms with van der Waals surface area (Å²) in [5, 5.41) is 6.18. The van der Waals surface area contributed by atoms with E-state index in [9.17, 15) is 9.59 Å². The van der Waals surface area contributed by atoms with Crippen LogP contribution in [0.2, 0.25) is 0 Å². The minimum absolute atomic E-state index is 0.168. The van der Waals surface area contributed by atoms with Gasteiger partial charge in [-0.3, -0.25) is 9.69 Å². The third kappa shape index (κ3) is 5.99. The number of carbonyl (C=O) groups excluding carboxylic acids is 2. The molecule has 11 heteroatoms. The number of fused-ring (bicyclic) bond motifs is 1. The van der Waals surface area contributed by atoms with Gasteiger partial charge in [-0.25, -0.2) is 19.7 Å². The molecule has 1 atom stereocenters. The van der Waals surface area contributed by atoms with E-state index in [4.69, 9.17) is 4.74 Å². The van der Waals surface area contributed by atoms with E-state index in [1.165, 1.54) is 0 Å². The first kappa shape index (κ1) is 27.3. The molecule has 1 fully saturated rings. The molecule has 0 saturated carbocycles. The average Bonchev–Trinajstić information content (AvgIpc) is 3.32. The van der Waals surface area contributed by atoms with Gasteiger partial charge in [-0.15, -0.1) is 0 Å². The quantitative estimate of drug-likeness (QED) is 0.415. The topological polar surface area (TPSA) is 116 Å². The molecule has 0 unspecified atom stereocenters. The smallest absolute Gasteiger partial charge is 0.322 e. The van der Waals surface area contributed by atoms with Crippen LogP contribution in [0.5, 0.6) is 5.88 Å². The van der Waals surface area contributed by atoms with Crippen LogP contribution in [0.3, 0.4) is 0 Å². The number of nitrogens with zero attached hydrogens (tertiary/aromatic N) is 6. The molecule has 0 aliphatic carbocycles. The zero-order valence-corrected chi connectivity index (χ0v) is 23.3. The van der Waals surface area contributed by atoms with Crippen LogP contribution < -0.4 is 25.2 Å². The Kier molecular flexibility index (Phi) is 8.40. The summed E-state index contributed by atoms with van der Waals surface area (Å²) in [4.78, 5) is 44.3. The second kappa shape index (κ2) is 12.3. The van der Waals surface area contributed by atoms with Crippen LogP contribution in [0.1, 0.15) is 33.6 Å². The number of likely N-dealkylation sites (N-methyl/N-ethyl adjacent to an activating group) is 1. The number of pyridine rings is 1. The Balaban J connectivity index is 1.24. The molecule has 4 heterocycles. The minimum Gasteiger partial charge on any atom is -0.474 e. The van der Waals surface area contributed by atoms with Crippen LogP contribution in [0.25, 0.3) is 11.1 Å². The summed E-state index contributed by atoms with van der Waals surface area (Å²) in [5.41, 5.74) is 3.98. The number of urea groups is 1. The first-order valence-corrected chi connectivity index (χ1v) is 13.9. The van der Waals surface area contributed by atoms with Crippen LogP contribution in [0, 0.1) is 0 Å². The summed E-state index contributed by atoms with van der Waals surface area (Å²) in [7, 11) is 0. The fourth-order valence-electron chi connectivity index (χ4n) is 5.05. The van der Waals surface area contributed by atoms with E-state index in [0.717, 1.165) is 42.9 Å². The van der Waals surface area contributed by atoms with Crippen molar-refractivity contribution >= 4 is 34.9 Å². The summed E-state index contributed by atoms with van der Waals surface area (Å²) in [6.45, 7) is 10.4. The molecule has 2 N–H and O–H groups in total. The number of hydrogen-bond donors (Lipinski definition) is 2. The lowest BCUT2D eigenvalue weighted by atomic mass is 10.1. The van der Waals surface area contributed by atoms with Crippen LogP contribution in [-0.4, -0.2) is 77.2 Å². The Bertz CT molecular complexity index is 1330. The van der Waals surface area contributed by atoms with Crippen molar-refractivity contribution in [2.75, 3.05) is 54.4 Å². The fraction of sp³-hybridized carbons (Fsp3) is 0.414. The number of anilines is 4. The Morgan fingerprint density at radius 3 is 2.50 bits per heavy atom. The number of benzene rings is 1. The standard InChI is InChI=1S/C29H36N8O3/c1-4-35(5-2)13-12-30-29(39)36-14-15-40-27-25(36)16-23(19-31-27)34-28-32-17-22(18-33-28)21-7-9-24(10-8-21)37-20(3)6-11-26(37)38/h7-10,16-20H,4-6,11-15H2,1-3H3,(H,30,39)(H,32,33,34)/t20-/m1/s1. The van der Waals surface area contributed by atoms with Gasteiger partial charge in [0.1, 0.15) is 12.3 Å². The van der Waals surface area contributed by atoms with Gasteiger partial charge in [-0.05, 0) is 50.2 Å². The molecule has 40 heavy (non-hydrogen) atoms. The number of carbonyl (C=O) groups is 2. The molecule has 11 nitrogen and oxygen atoms in total. The molecule has 1 saturated heterocycles. The van der Waals surface area contributed by atoms with Crippen molar-refractivity contribution in [3.05, 3.63) is 48.9 Å². The van der Waals surface area contributed by atoms with Crippen molar-refractivity contribution in [3.63, 3.8) is 0 Å². The van der Waals surface area contributed by atoms with Crippen molar-refractivity contribution in [2.45, 2.75) is 39.7 Å². The Labute approximate surface area is 234 Å². The van der Waals surface area contributed by atoms with Crippen LogP contribution in [0.15, 0.2) is 48.9 Å². The maximum Gasteiger partial charge on any atom is 0.322 e. The van der Waals surface area contributed by atoms with Crippen LogP contribution in [-0.2, 0) is 4.79 Å². The van der Waals surface area contributed by atoms with Gasteiger partial charge >= 0.3 is 6.03 Å². The molecule has 5 rings (SSSR count). The Morgan fingerprint density at radius 2 is 1.82 bits per heavy atom. The Hall–Kier alpha value is -4.25. The Morgan fingerprint density at radius 1 is 1.07 bits per heavy atom. The molecule has 2 aliphatic rings. The summed E-state index contributed by atoms with van der Waals surface area (Å²) < 4.78 is 5.68. The second-order valence-electron chi connectivity index (χ2n) is 9.93. The fourth-order valence-corrected chi connectivity index (χ4v) is 5.05. The van der Waals surface area contributed by atoms with E-state index in [-0.39, 0.29) is 18.0 Å². The maximum atomic E-state index is 12.9. The van der Waals surface area contributed by atoms with E-state index in [1.54, 1.807) is 23.5 Å². The van der Waals surface area contributed by atoms with E-state index >= 15 is 0 Å². The molecular formula is C29H36N8O3. The highest BCUT2D eigenvalue weighted by Gasteiger charge is 2.29. The SMILES string of the molecule is CCN(CC)CCNC(=O)N1CCOc2ncc(Nc3ncc(-c4ccc(N5C(=O)CC[C@H]5C)cc4)cn3)cc21. The maximum absolute atomic E-state index is 12.9. The van der Waals surface area contributed by atoms with E-state index in [2.05, 4.69) is 51.3 Å². The van der Waals surface area contributed by atoms with Gasteiger partial charge in [0, 0.05) is 49.2 Å². The van der Waals surface area contributed by atoms with Crippen molar-refractivity contribution in [2.24, 2.45) is 0 Å². The normalized spacial score (nSPS) is 16.6. The first-order chi connectivity index (χ1) is 19.5. The first-order valence-electron chi connectivity index (χ1n) is 13.9. The van der Waals surface area contributed by atoms with Gasteiger partial charge in [-0.2, -0.15) is 0 Å². The zero-order chi connectivity index (χ0) is 28.1. The van der Waals surface area contributed by atoms with Crippen LogP contribution in [0.4, 0.5) is 27.8 Å². The molecule has 0 spiro atoms. The van der Waals surface area contributed by atoms with Crippen molar-refractivity contribution in [3.8, 4) is 17.0 Å².